The molecule has 0 aromatic carbocycles. The Balaban J connectivity index is 3.92. The smallest absolute Gasteiger partial charge is 0.387 e. The number of allylic oxidation sites excluding steroid dienone is 9. The molecular weight excluding hydrogens is 1160 g/mol. The second-order valence-electron chi connectivity index (χ2n) is 29.5. The molecule has 0 radical (unpaired) electrons. The van der Waals surface area contributed by atoms with E-state index < -0.39 is 20.0 Å². The Kier molecular flexibility index (Phi) is 73.0. The van der Waals surface area contributed by atoms with Crippen LogP contribution in [0.3, 0.4) is 0 Å². The number of rotatable bonds is 77. The van der Waals surface area contributed by atoms with Gasteiger partial charge in [0.05, 0.1) is 39.9 Å². The van der Waals surface area contributed by atoms with Crippen LogP contribution in [0.5, 0.6) is 0 Å². The number of nitrogens with zero attached hydrogens (tertiary/aromatic N) is 1. The number of quaternary nitrogens is 1. The topological polar surface area (TPSA) is 105 Å². The van der Waals surface area contributed by atoms with Gasteiger partial charge < -0.3 is 19.8 Å². The van der Waals surface area contributed by atoms with Gasteiger partial charge in [-0.2, -0.15) is 0 Å². The minimum atomic E-state index is -4.36. The first-order chi connectivity index (χ1) is 45.5. The lowest BCUT2D eigenvalue weighted by Gasteiger charge is -2.25. The van der Waals surface area contributed by atoms with Crippen molar-refractivity contribution in [2.24, 2.45) is 0 Å². The summed E-state index contributed by atoms with van der Waals surface area (Å²) in [6.07, 6.45) is 104. The fourth-order valence-electron chi connectivity index (χ4n) is 12.7. The zero-order valence-corrected chi connectivity index (χ0v) is 63.9. The molecule has 0 fully saturated rings. The van der Waals surface area contributed by atoms with Crippen molar-refractivity contribution in [1.82, 2.24) is 5.32 Å². The maximum Gasteiger partial charge on any atom is 0.472 e. The van der Waals surface area contributed by atoms with Crippen molar-refractivity contribution in [2.45, 2.75) is 431 Å². The Labute approximate surface area is 581 Å². The minimum Gasteiger partial charge on any atom is -0.387 e. The number of phosphoric acid groups is 1. The van der Waals surface area contributed by atoms with Crippen LogP contribution in [0.2, 0.25) is 0 Å². The molecule has 3 atom stereocenters. The number of nitrogens with one attached hydrogen (secondary N) is 1. The maximum atomic E-state index is 13.1. The first-order valence-corrected chi connectivity index (χ1v) is 42.7. The molecule has 8 nitrogen and oxygen atoms in total. The summed E-state index contributed by atoms with van der Waals surface area (Å²) in [7, 11) is 1.59. The van der Waals surface area contributed by atoms with Gasteiger partial charge in [-0.15, -0.1) is 0 Å². The van der Waals surface area contributed by atoms with E-state index >= 15 is 0 Å². The van der Waals surface area contributed by atoms with E-state index in [1.807, 2.05) is 27.2 Å². The largest absolute Gasteiger partial charge is 0.472 e. The highest BCUT2D eigenvalue weighted by molar-refractivity contribution is 7.47. The monoisotopic (exact) mass is 1330 g/mol. The molecule has 0 aromatic rings. The van der Waals surface area contributed by atoms with Crippen LogP contribution in [0.25, 0.3) is 0 Å². The van der Waals surface area contributed by atoms with E-state index in [2.05, 4.69) is 67.8 Å². The molecule has 3 N–H and O–H groups in total. The predicted octanol–water partition coefficient (Wildman–Crippen LogP) is 27.1. The molecule has 0 rings (SSSR count). The third kappa shape index (κ3) is 77.4. The van der Waals surface area contributed by atoms with Crippen molar-refractivity contribution in [3.8, 4) is 0 Å². The van der Waals surface area contributed by atoms with Crippen LogP contribution in [0, 0.1) is 0 Å². The van der Waals surface area contributed by atoms with Crippen molar-refractivity contribution in [2.75, 3.05) is 40.9 Å². The highest BCUT2D eigenvalue weighted by Crippen LogP contribution is 2.43. The minimum absolute atomic E-state index is 0.0634. The molecule has 9 heteroatoms. The number of unbranched alkanes of at least 4 members (excludes halogenated alkanes) is 56. The van der Waals surface area contributed by atoms with Crippen LogP contribution < -0.4 is 5.32 Å². The highest BCUT2D eigenvalue weighted by Gasteiger charge is 2.28. The Bertz CT molecular complexity index is 1710. The standard InChI is InChI=1S/C84H161N2O6P/c1-6-8-10-12-14-16-18-20-22-24-26-28-30-32-34-36-38-40-41-42-43-44-45-46-48-50-52-54-56-58-60-62-64-66-68-70-72-74-76-78-84(88)85-82(81-92-93(89,90)91-80-79-86(3,4)5)83(87)77-75-73-71-69-67-65-63-61-59-57-55-53-51-49-47-39-37-35-33-31-29-27-25-23-21-19-17-15-13-11-9-7-2/h8,10,14,16,20,22,26,28,75,77,82-83,87H,6-7,9,11-13,15,17-19,21,23-25,27,29-74,76,78-81H2,1-5H3,(H-,85,88,89,90)/p+1/b10-8-,16-14-,22-20-,28-26-,77-75+. The third-order valence-corrected chi connectivity index (χ3v) is 20.0. The van der Waals surface area contributed by atoms with E-state index in [9.17, 15) is 19.4 Å². The Morgan fingerprint density at radius 1 is 0.376 bits per heavy atom. The number of carbonyl (C=O) groups excluding carboxylic acids is 1. The van der Waals surface area contributed by atoms with Gasteiger partial charge in [-0.25, -0.2) is 4.57 Å². The number of hydrogen-bond acceptors (Lipinski definition) is 5. The number of aliphatic hydroxyl groups excluding tert-OH is 1. The molecule has 0 aliphatic rings. The molecule has 93 heavy (non-hydrogen) atoms. The summed E-state index contributed by atoms with van der Waals surface area (Å²) in [5.41, 5.74) is 0. The Morgan fingerprint density at radius 2 is 0.645 bits per heavy atom. The van der Waals surface area contributed by atoms with Crippen LogP contribution in [-0.4, -0.2) is 73.4 Å². The van der Waals surface area contributed by atoms with Gasteiger partial charge in [0.15, 0.2) is 0 Å². The fraction of sp³-hybridized carbons (Fsp3) is 0.869. The average Bonchev–Trinajstić information content (AvgIpc) is 1.94. The SMILES string of the molecule is CC/C=C\C/C=C\C/C=C\C/C=C\CCCCCCCCCCCCCCCCCCCCCCCCCCCCC(=O)NC(COP(=O)(O)OCC[N+](C)(C)C)C(O)/C=C/CCCCCCCCCCCCCCCCCCCCCCCCCCCCCCCC. The number of amides is 1. The number of likely N-dealkylation sites (N-methyl/N-ethyl adjacent to an activating group) is 1. The summed E-state index contributed by atoms with van der Waals surface area (Å²) >= 11 is 0. The molecule has 0 aromatic heterocycles. The van der Waals surface area contributed by atoms with Gasteiger partial charge >= 0.3 is 7.82 Å². The van der Waals surface area contributed by atoms with Gasteiger partial charge in [-0.3, -0.25) is 13.8 Å². The van der Waals surface area contributed by atoms with E-state index in [1.54, 1.807) is 6.08 Å². The molecule has 0 bridgehead atoms. The van der Waals surface area contributed by atoms with Crippen molar-refractivity contribution < 1.29 is 32.9 Å². The molecule has 1 amide bonds. The Hall–Kier alpha value is -1.80. The van der Waals surface area contributed by atoms with Crippen molar-refractivity contribution in [1.29, 1.82) is 0 Å². The molecule has 0 aliphatic heterocycles. The van der Waals surface area contributed by atoms with Gasteiger partial charge in [0, 0.05) is 6.42 Å². The second-order valence-corrected chi connectivity index (χ2v) is 30.9. The zero-order chi connectivity index (χ0) is 67.6. The van der Waals surface area contributed by atoms with Crippen LogP contribution in [0.4, 0.5) is 0 Å². The highest BCUT2D eigenvalue weighted by atomic mass is 31.2. The van der Waals surface area contributed by atoms with Crippen LogP contribution in [0.1, 0.15) is 418 Å². The second kappa shape index (κ2) is 74.4. The summed E-state index contributed by atoms with van der Waals surface area (Å²) < 4.78 is 23.9. The average molecular weight is 1330 g/mol. The summed E-state index contributed by atoms with van der Waals surface area (Å²) in [4.78, 5) is 23.5. The zero-order valence-electron chi connectivity index (χ0n) is 63.0. The summed E-state index contributed by atoms with van der Waals surface area (Å²) in [5, 5.41) is 14.1. The molecule has 548 valence electrons. The van der Waals surface area contributed by atoms with Crippen LogP contribution in [-0.2, 0) is 18.4 Å². The maximum absolute atomic E-state index is 13.1. The van der Waals surface area contributed by atoms with Crippen LogP contribution in [0.15, 0.2) is 60.8 Å². The lowest BCUT2D eigenvalue weighted by Crippen LogP contribution is -2.45. The molecule has 3 unspecified atom stereocenters. The Morgan fingerprint density at radius 3 is 0.946 bits per heavy atom. The molecule has 0 aliphatic carbocycles. The van der Waals surface area contributed by atoms with Crippen molar-refractivity contribution in [3.63, 3.8) is 0 Å². The van der Waals surface area contributed by atoms with E-state index in [-0.39, 0.29) is 19.1 Å². The fourth-order valence-corrected chi connectivity index (χ4v) is 13.4. The first kappa shape index (κ1) is 91.2. The lowest BCUT2D eigenvalue weighted by atomic mass is 10.0. The number of phosphoric ester groups is 1. The van der Waals surface area contributed by atoms with Gasteiger partial charge in [0.25, 0.3) is 0 Å². The third-order valence-electron chi connectivity index (χ3n) is 19.0. The van der Waals surface area contributed by atoms with E-state index in [0.29, 0.717) is 17.4 Å². The molecule has 0 saturated heterocycles. The number of aliphatic hydroxyl groups is 1. The van der Waals surface area contributed by atoms with Crippen molar-refractivity contribution >= 4 is 13.7 Å². The first-order valence-electron chi connectivity index (χ1n) is 41.2. The normalized spacial score (nSPS) is 13.8. The number of hydrogen-bond donors (Lipinski definition) is 3. The summed E-state index contributed by atoms with van der Waals surface area (Å²) in [6.45, 7) is 4.77. The number of carbonyl (C=O) groups is 1. The van der Waals surface area contributed by atoms with Crippen LogP contribution >= 0.6 is 7.82 Å². The van der Waals surface area contributed by atoms with E-state index in [1.165, 1.54) is 340 Å². The van der Waals surface area contributed by atoms with Gasteiger partial charge in [0.1, 0.15) is 13.2 Å². The molecular formula is C84H162N2O6P+. The summed E-state index contributed by atoms with van der Waals surface area (Å²) in [5.74, 6) is -0.168. The quantitative estimate of drug-likeness (QED) is 0.0243. The molecule has 0 saturated carbocycles. The van der Waals surface area contributed by atoms with E-state index in [4.69, 9.17) is 9.05 Å². The van der Waals surface area contributed by atoms with Gasteiger partial charge in [0.2, 0.25) is 5.91 Å². The van der Waals surface area contributed by atoms with Gasteiger partial charge in [-0.05, 0) is 57.8 Å². The molecule has 0 spiro atoms. The molecule has 0 heterocycles. The van der Waals surface area contributed by atoms with E-state index in [0.717, 1.165) is 57.8 Å². The predicted molar refractivity (Wildman–Crippen MR) is 410 cm³/mol. The van der Waals surface area contributed by atoms with Crippen molar-refractivity contribution in [3.05, 3.63) is 60.8 Å². The van der Waals surface area contributed by atoms with Gasteiger partial charge in [-0.1, -0.05) is 415 Å². The summed E-state index contributed by atoms with van der Waals surface area (Å²) in [6, 6.07) is -0.848. The lowest BCUT2D eigenvalue weighted by molar-refractivity contribution is -0.870.